The van der Waals surface area contributed by atoms with Crippen molar-refractivity contribution in [1.82, 2.24) is 20.0 Å². The first-order valence-corrected chi connectivity index (χ1v) is 13.6. The lowest BCUT2D eigenvalue weighted by Crippen LogP contribution is -2.63. The zero-order chi connectivity index (χ0) is 26.1. The molecule has 2 N–H and O–H groups in total. The van der Waals surface area contributed by atoms with Crippen LogP contribution in [0.5, 0.6) is 0 Å². The molecule has 37 heavy (non-hydrogen) atoms. The second kappa shape index (κ2) is 8.45. The molecule has 3 saturated carbocycles. The SMILES string of the molecule is CC(C)c1ccc([C@](O)(c2cncc(-c3noc(C45CCC(O)(CC4)CC5)n3)c2)C2(C)CN(C)C2)cc1. The Balaban J connectivity index is 1.37. The molecule has 0 spiro atoms. The van der Waals surface area contributed by atoms with Crippen LogP contribution >= 0.6 is 0 Å². The predicted octanol–water partition coefficient (Wildman–Crippen LogP) is 4.78. The maximum atomic E-state index is 12.5. The van der Waals surface area contributed by atoms with Gasteiger partial charge in [0.25, 0.3) is 0 Å². The highest BCUT2D eigenvalue weighted by Gasteiger charge is 2.55. The molecule has 2 bridgehead atoms. The number of hydrogen-bond donors (Lipinski definition) is 2. The molecule has 3 aromatic rings. The zero-order valence-electron chi connectivity index (χ0n) is 22.4. The van der Waals surface area contributed by atoms with Crippen LogP contribution in [-0.4, -0.2) is 56.0 Å². The molecule has 3 heterocycles. The van der Waals surface area contributed by atoms with Crippen molar-refractivity contribution in [1.29, 1.82) is 0 Å². The van der Waals surface area contributed by atoms with Gasteiger partial charge in [-0.3, -0.25) is 4.98 Å². The molecule has 196 valence electrons. The van der Waals surface area contributed by atoms with Crippen LogP contribution in [0.15, 0.2) is 47.2 Å². The Hall–Kier alpha value is -2.61. The molecule has 4 aliphatic rings. The van der Waals surface area contributed by atoms with Crippen molar-refractivity contribution in [3.05, 3.63) is 65.3 Å². The molecule has 0 radical (unpaired) electrons. The lowest BCUT2D eigenvalue weighted by molar-refractivity contribution is -0.127. The fraction of sp³-hybridized carbons (Fsp3) is 0.567. The number of aliphatic hydroxyl groups is 2. The summed E-state index contributed by atoms with van der Waals surface area (Å²) in [4.78, 5) is 11.6. The van der Waals surface area contributed by atoms with Gasteiger partial charge in [0.1, 0.15) is 5.60 Å². The summed E-state index contributed by atoms with van der Waals surface area (Å²) in [5.41, 5.74) is 1.36. The Bertz CT molecular complexity index is 1270. The third-order valence-electron chi connectivity index (χ3n) is 9.61. The van der Waals surface area contributed by atoms with E-state index in [4.69, 9.17) is 9.51 Å². The Morgan fingerprint density at radius 1 is 0.973 bits per heavy atom. The molecule has 1 aliphatic heterocycles. The van der Waals surface area contributed by atoms with E-state index in [2.05, 4.69) is 67.1 Å². The zero-order valence-corrected chi connectivity index (χ0v) is 22.4. The first-order valence-electron chi connectivity index (χ1n) is 13.6. The summed E-state index contributed by atoms with van der Waals surface area (Å²) < 4.78 is 5.83. The normalized spacial score (nSPS) is 28.7. The van der Waals surface area contributed by atoms with Gasteiger partial charge in [0.05, 0.1) is 11.0 Å². The number of nitrogens with zero attached hydrogens (tertiary/aromatic N) is 4. The summed E-state index contributed by atoms with van der Waals surface area (Å²) in [5, 5.41) is 27.5. The molecule has 0 unspecified atom stereocenters. The number of fused-ring (bicyclic) bond motifs is 3. The van der Waals surface area contributed by atoms with Gasteiger partial charge in [0, 0.05) is 42.0 Å². The van der Waals surface area contributed by atoms with E-state index >= 15 is 0 Å². The summed E-state index contributed by atoms with van der Waals surface area (Å²) >= 11 is 0. The van der Waals surface area contributed by atoms with E-state index in [0.29, 0.717) is 17.6 Å². The maximum absolute atomic E-state index is 12.5. The highest BCUT2D eigenvalue weighted by Crippen LogP contribution is 2.53. The Kier molecular flexibility index (Phi) is 5.64. The summed E-state index contributed by atoms with van der Waals surface area (Å²) in [7, 11) is 2.08. The molecule has 1 atom stereocenters. The second-order valence-corrected chi connectivity index (χ2v) is 12.6. The molecule has 3 aliphatic carbocycles. The minimum absolute atomic E-state index is 0.135. The summed E-state index contributed by atoms with van der Waals surface area (Å²) in [6, 6.07) is 10.3. The molecule has 7 heteroatoms. The average molecular weight is 503 g/mol. The van der Waals surface area contributed by atoms with E-state index in [0.717, 1.165) is 68.3 Å². The van der Waals surface area contributed by atoms with Crippen LogP contribution in [0.3, 0.4) is 0 Å². The average Bonchev–Trinajstić information content (AvgIpc) is 3.39. The van der Waals surface area contributed by atoms with Crippen molar-refractivity contribution >= 4 is 0 Å². The van der Waals surface area contributed by atoms with E-state index in [9.17, 15) is 10.2 Å². The van der Waals surface area contributed by atoms with Crippen molar-refractivity contribution in [3.8, 4) is 11.4 Å². The quantitative estimate of drug-likeness (QED) is 0.501. The van der Waals surface area contributed by atoms with Crippen molar-refractivity contribution in [3.63, 3.8) is 0 Å². The number of rotatable bonds is 6. The second-order valence-electron chi connectivity index (χ2n) is 12.6. The number of hydrogen-bond acceptors (Lipinski definition) is 7. The van der Waals surface area contributed by atoms with Crippen LogP contribution in [0.2, 0.25) is 0 Å². The van der Waals surface area contributed by atoms with Crippen molar-refractivity contribution in [2.24, 2.45) is 5.41 Å². The van der Waals surface area contributed by atoms with Crippen LogP contribution in [0.4, 0.5) is 0 Å². The molecule has 7 nitrogen and oxygen atoms in total. The third kappa shape index (κ3) is 3.85. The molecular formula is C30H38N4O3. The highest BCUT2D eigenvalue weighted by molar-refractivity contribution is 5.56. The van der Waals surface area contributed by atoms with Crippen LogP contribution < -0.4 is 0 Å². The largest absolute Gasteiger partial charge is 0.390 e. The Labute approximate surface area is 218 Å². The number of aromatic nitrogens is 3. The maximum Gasteiger partial charge on any atom is 0.233 e. The summed E-state index contributed by atoms with van der Waals surface area (Å²) in [5.74, 6) is 1.59. The fourth-order valence-corrected chi connectivity index (χ4v) is 7.15. The molecule has 2 aromatic heterocycles. The predicted molar refractivity (Wildman–Crippen MR) is 141 cm³/mol. The van der Waals surface area contributed by atoms with Gasteiger partial charge < -0.3 is 19.6 Å². The van der Waals surface area contributed by atoms with E-state index in [-0.39, 0.29) is 10.8 Å². The molecular weight excluding hydrogens is 464 g/mol. The van der Waals surface area contributed by atoms with E-state index in [1.807, 2.05) is 6.07 Å². The van der Waals surface area contributed by atoms with Gasteiger partial charge in [0.2, 0.25) is 11.7 Å². The molecule has 7 rings (SSSR count). The number of pyridine rings is 1. The van der Waals surface area contributed by atoms with Gasteiger partial charge in [-0.2, -0.15) is 4.98 Å². The van der Waals surface area contributed by atoms with Gasteiger partial charge in [-0.25, -0.2) is 0 Å². The topological polar surface area (TPSA) is 95.5 Å². The van der Waals surface area contributed by atoms with Gasteiger partial charge in [-0.1, -0.05) is 50.2 Å². The van der Waals surface area contributed by atoms with Crippen LogP contribution in [0.1, 0.15) is 87.8 Å². The van der Waals surface area contributed by atoms with Crippen LogP contribution in [0.25, 0.3) is 11.4 Å². The minimum Gasteiger partial charge on any atom is -0.390 e. The minimum atomic E-state index is -1.22. The van der Waals surface area contributed by atoms with Gasteiger partial charge in [-0.05, 0) is 68.7 Å². The Morgan fingerprint density at radius 3 is 2.22 bits per heavy atom. The van der Waals surface area contributed by atoms with Gasteiger partial charge in [-0.15, -0.1) is 0 Å². The van der Waals surface area contributed by atoms with Gasteiger partial charge in [0.15, 0.2) is 0 Å². The third-order valence-corrected chi connectivity index (χ3v) is 9.61. The first kappa shape index (κ1) is 24.7. The highest BCUT2D eigenvalue weighted by atomic mass is 16.5. The number of likely N-dealkylation sites (tertiary alicyclic amines) is 1. The van der Waals surface area contributed by atoms with Crippen LogP contribution in [0, 0.1) is 5.41 Å². The first-order chi connectivity index (χ1) is 17.6. The lowest BCUT2D eigenvalue weighted by Gasteiger charge is -2.55. The van der Waals surface area contributed by atoms with Crippen LogP contribution in [-0.2, 0) is 11.0 Å². The summed E-state index contributed by atoms with van der Waals surface area (Å²) in [6.45, 7) is 8.06. The monoisotopic (exact) mass is 502 g/mol. The number of benzene rings is 1. The molecule has 0 amide bonds. The smallest absolute Gasteiger partial charge is 0.233 e. The molecule has 1 saturated heterocycles. The molecule has 1 aromatic carbocycles. The molecule has 4 fully saturated rings. The van der Waals surface area contributed by atoms with Crippen molar-refractivity contribution in [2.45, 2.75) is 81.8 Å². The Morgan fingerprint density at radius 2 is 1.62 bits per heavy atom. The van der Waals surface area contributed by atoms with E-state index in [1.165, 1.54) is 5.56 Å². The lowest BCUT2D eigenvalue weighted by atomic mass is 9.58. The van der Waals surface area contributed by atoms with Crippen molar-refractivity contribution in [2.75, 3.05) is 20.1 Å². The van der Waals surface area contributed by atoms with E-state index < -0.39 is 11.2 Å². The summed E-state index contributed by atoms with van der Waals surface area (Å²) in [6.07, 6.45) is 8.51. The van der Waals surface area contributed by atoms with Gasteiger partial charge >= 0.3 is 0 Å². The standard InChI is InChI=1S/C30H38N4O3/c1-20(2)21-5-7-23(8-6-21)30(36,27(3)18-34(4)19-27)24-15-22(16-31-17-24)25-32-26(37-33-25)28-9-12-29(35,13-10-28)14-11-28/h5-8,15-17,20,35-36H,9-14,18-19H2,1-4H3/t28?,29?,30-/m0/s1. The fourth-order valence-electron chi connectivity index (χ4n) is 7.15. The van der Waals surface area contributed by atoms with Crippen molar-refractivity contribution < 1.29 is 14.7 Å². The van der Waals surface area contributed by atoms with E-state index in [1.54, 1.807) is 12.4 Å².